The molecule has 0 bridgehead atoms. The van der Waals surface area contributed by atoms with Crippen molar-refractivity contribution in [1.82, 2.24) is 14.8 Å². The first kappa shape index (κ1) is 18.1. The summed E-state index contributed by atoms with van der Waals surface area (Å²) in [5.74, 6) is 0.681. The summed E-state index contributed by atoms with van der Waals surface area (Å²) >= 11 is 3.52. The average molecular weight is 434 g/mol. The maximum atomic E-state index is 13.3. The summed E-state index contributed by atoms with van der Waals surface area (Å²) in [5.41, 5.74) is 3.01. The topological polar surface area (TPSA) is 57.0 Å². The van der Waals surface area contributed by atoms with Crippen LogP contribution >= 0.6 is 15.9 Å². The highest BCUT2D eigenvalue weighted by molar-refractivity contribution is 9.10. The van der Waals surface area contributed by atoms with E-state index in [1.54, 1.807) is 19.4 Å². The van der Waals surface area contributed by atoms with Crippen LogP contribution in [0.4, 0.5) is 0 Å². The van der Waals surface area contributed by atoms with E-state index in [9.17, 15) is 4.79 Å². The second-order valence-electron chi connectivity index (χ2n) is 6.06. The predicted molar refractivity (Wildman–Crippen MR) is 113 cm³/mol. The van der Waals surface area contributed by atoms with Crippen LogP contribution in [0.5, 0.6) is 5.75 Å². The number of methoxy groups -OCH3 is 1. The molecule has 0 aliphatic rings. The maximum Gasteiger partial charge on any atom is 0.279 e. The molecule has 2 aromatic heterocycles. The lowest BCUT2D eigenvalue weighted by atomic mass is 10.1. The fourth-order valence-electron chi connectivity index (χ4n) is 2.92. The van der Waals surface area contributed by atoms with Gasteiger partial charge in [0.15, 0.2) is 0 Å². The molecular formula is C22H16BrN3O2. The first-order valence-electron chi connectivity index (χ1n) is 8.62. The standard InChI is InChI=1S/C22H16BrN3O2/c1-28-16-8-6-7-15(13-16)17-14-20(19-10-4-5-12-24-19)25-26(22(17)27)21-11-3-2-9-18(21)23/h2-14H,1H3. The number of halogens is 1. The number of benzene rings is 2. The molecule has 5 nitrogen and oxygen atoms in total. The number of hydrogen-bond acceptors (Lipinski definition) is 4. The van der Waals surface area contributed by atoms with E-state index in [4.69, 9.17) is 4.74 Å². The lowest BCUT2D eigenvalue weighted by Gasteiger charge is -2.12. The summed E-state index contributed by atoms with van der Waals surface area (Å²) in [5, 5.41) is 4.58. The Morgan fingerprint density at radius 3 is 2.50 bits per heavy atom. The zero-order valence-electron chi connectivity index (χ0n) is 15.0. The zero-order chi connectivity index (χ0) is 19.5. The summed E-state index contributed by atoms with van der Waals surface area (Å²) in [4.78, 5) is 17.7. The lowest BCUT2D eigenvalue weighted by Crippen LogP contribution is -2.23. The Kier molecular flexibility index (Phi) is 5.04. The van der Waals surface area contributed by atoms with E-state index in [1.165, 1.54) is 4.68 Å². The third-order valence-corrected chi connectivity index (χ3v) is 4.97. The molecule has 0 saturated carbocycles. The SMILES string of the molecule is COc1cccc(-c2cc(-c3ccccn3)nn(-c3ccccc3Br)c2=O)c1. The predicted octanol–water partition coefficient (Wildman–Crippen LogP) is 4.73. The molecule has 4 aromatic rings. The summed E-state index contributed by atoms with van der Waals surface area (Å²) in [6, 6.07) is 22.3. The molecule has 0 unspecified atom stereocenters. The van der Waals surface area contributed by atoms with E-state index in [2.05, 4.69) is 26.0 Å². The van der Waals surface area contributed by atoms with Crippen LogP contribution in [0, 0.1) is 0 Å². The van der Waals surface area contributed by atoms with Gasteiger partial charge in [-0.25, -0.2) is 0 Å². The minimum Gasteiger partial charge on any atom is -0.497 e. The van der Waals surface area contributed by atoms with Crippen molar-refractivity contribution in [3.8, 4) is 34.0 Å². The lowest BCUT2D eigenvalue weighted by molar-refractivity contribution is 0.415. The summed E-state index contributed by atoms with van der Waals surface area (Å²) in [6.45, 7) is 0. The molecule has 6 heteroatoms. The van der Waals surface area contributed by atoms with Crippen LogP contribution < -0.4 is 10.3 Å². The van der Waals surface area contributed by atoms with Crippen molar-refractivity contribution >= 4 is 15.9 Å². The Bertz CT molecular complexity index is 1190. The Balaban J connectivity index is 2.01. The molecule has 2 aromatic carbocycles. The Labute approximate surface area is 170 Å². The first-order valence-corrected chi connectivity index (χ1v) is 9.42. The van der Waals surface area contributed by atoms with Crippen molar-refractivity contribution in [3.05, 3.63) is 93.8 Å². The fourth-order valence-corrected chi connectivity index (χ4v) is 3.37. The minimum absolute atomic E-state index is 0.222. The number of aromatic nitrogens is 3. The number of hydrogen-bond donors (Lipinski definition) is 0. The van der Waals surface area contributed by atoms with Crippen LogP contribution in [-0.4, -0.2) is 21.9 Å². The highest BCUT2D eigenvalue weighted by Crippen LogP contribution is 2.26. The van der Waals surface area contributed by atoms with Crippen molar-refractivity contribution < 1.29 is 4.74 Å². The van der Waals surface area contributed by atoms with Gasteiger partial charge < -0.3 is 4.74 Å². The molecule has 28 heavy (non-hydrogen) atoms. The molecule has 0 aliphatic heterocycles. The van der Waals surface area contributed by atoms with Gasteiger partial charge in [-0.1, -0.05) is 30.3 Å². The smallest absolute Gasteiger partial charge is 0.279 e. The van der Waals surface area contributed by atoms with Gasteiger partial charge in [-0.15, -0.1) is 0 Å². The molecule has 0 saturated heterocycles. The van der Waals surface area contributed by atoms with Crippen LogP contribution in [0.3, 0.4) is 0 Å². The monoisotopic (exact) mass is 433 g/mol. The summed E-state index contributed by atoms with van der Waals surface area (Å²) < 4.78 is 7.50. The van der Waals surface area contributed by atoms with Gasteiger partial charge in [-0.05, 0) is 64.0 Å². The van der Waals surface area contributed by atoms with E-state index in [-0.39, 0.29) is 5.56 Å². The molecule has 138 valence electrons. The Morgan fingerprint density at radius 2 is 1.75 bits per heavy atom. The van der Waals surface area contributed by atoms with Gasteiger partial charge >= 0.3 is 0 Å². The first-order chi connectivity index (χ1) is 13.7. The molecule has 0 aliphatic carbocycles. The quantitative estimate of drug-likeness (QED) is 0.466. The average Bonchev–Trinajstić information content (AvgIpc) is 2.75. The molecule has 0 N–H and O–H groups in total. The summed E-state index contributed by atoms with van der Waals surface area (Å²) in [7, 11) is 1.60. The molecular weight excluding hydrogens is 418 g/mol. The summed E-state index contributed by atoms with van der Waals surface area (Å²) in [6.07, 6.45) is 1.70. The second-order valence-corrected chi connectivity index (χ2v) is 6.91. The van der Waals surface area contributed by atoms with E-state index in [1.807, 2.05) is 66.7 Å². The van der Waals surface area contributed by atoms with Gasteiger partial charge in [-0.2, -0.15) is 9.78 Å². The Morgan fingerprint density at radius 1 is 0.929 bits per heavy atom. The van der Waals surface area contributed by atoms with Gasteiger partial charge in [0.05, 0.1) is 24.1 Å². The molecule has 4 rings (SSSR count). The highest BCUT2D eigenvalue weighted by atomic mass is 79.9. The molecule has 0 atom stereocenters. The number of rotatable bonds is 4. The molecule has 2 heterocycles. The Hall–Kier alpha value is -3.25. The molecule has 0 spiro atoms. The van der Waals surface area contributed by atoms with Crippen LogP contribution in [0.1, 0.15) is 0 Å². The van der Waals surface area contributed by atoms with E-state index in [0.29, 0.717) is 28.4 Å². The van der Waals surface area contributed by atoms with Crippen molar-refractivity contribution in [3.63, 3.8) is 0 Å². The van der Waals surface area contributed by atoms with Crippen molar-refractivity contribution in [2.24, 2.45) is 0 Å². The third kappa shape index (κ3) is 3.46. The van der Waals surface area contributed by atoms with E-state index in [0.717, 1.165) is 10.0 Å². The van der Waals surface area contributed by atoms with Gasteiger partial charge in [0.25, 0.3) is 5.56 Å². The zero-order valence-corrected chi connectivity index (χ0v) is 16.6. The van der Waals surface area contributed by atoms with Gasteiger partial charge in [0, 0.05) is 10.7 Å². The van der Waals surface area contributed by atoms with Crippen LogP contribution in [0.2, 0.25) is 0 Å². The van der Waals surface area contributed by atoms with Crippen LogP contribution in [0.15, 0.2) is 88.3 Å². The largest absolute Gasteiger partial charge is 0.497 e. The van der Waals surface area contributed by atoms with Crippen LogP contribution in [-0.2, 0) is 0 Å². The number of para-hydroxylation sites is 1. The number of nitrogens with zero attached hydrogens (tertiary/aromatic N) is 3. The van der Waals surface area contributed by atoms with Crippen LogP contribution in [0.25, 0.3) is 28.2 Å². The van der Waals surface area contributed by atoms with Crippen molar-refractivity contribution in [2.75, 3.05) is 7.11 Å². The van der Waals surface area contributed by atoms with Crippen molar-refractivity contribution in [2.45, 2.75) is 0 Å². The highest BCUT2D eigenvalue weighted by Gasteiger charge is 2.15. The molecule has 0 fully saturated rings. The van der Waals surface area contributed by atoms with Gasteiger partial charge in [-0.3, -0.25) is 9.78 Å². The fraction of sp³-hybridized carbons (Fsp3) is 0.0455. The normalized spacial score (nSPS) is 10.6. The second kappa shape index (κ2) is 7.78. The molecule has 0 amide bonds. The molecule has 0 radical (unpaired) electrons. The van der Waals surface area contributed by atoms with E-state index < -0.39 is 0 Å². The number of pyridine rings is 1. The van der Waals surface area contributed by atoms with E-state index >= 15 is 0 Å². The van der Waals surface area contributed by atoms with Gasteiger partial charge in [0.1, 0.15) is 11.4 Å². The maximum absolute atomic E-state index is 13.3. The van der Waals surface area contributed by atoms with Gasteiger partial charge in [0.2, 0.25) is 0 Å². The number of ether oxygens (including phenoxy) is 1. The minimum atomic E-state index is -0.222. The van der Waals surface area contributed by atoms with Crippen molar-refractivity contribution in [1.29, 1.82) is 0 Å². The third-order valence-electron chi connectivity index (χ3n) is 4.30.